The first-order valence-electron chi connectivity index (χ1n) is 8.26. The van der Waals surface area contributed by atoms with Crippen LogP contribution in [-0.2, 0) is 6.54 Å². The number of hydrogen-bond donors (Lipinski definition) is 2. The van der Waals surface area contributed by atoms with Crippen LogP contribution in [0.4, 0.5) is 15.9 Å². The van der Waals surface area contributed by atoms with Crippen LogP contribution < -0.4 is 10.6 Å². The molecular formula is C20H17FN4O2. The topological polar surface area (TPSA) is 84.0 Å². The van der Waals surface area contributed by atoms with Crippen molar-refractivity contribution in [1.29, 1.82) is 0 Å². The Morgan fingerprint density at radius 2 is 1.70 bits per heavy atom. The Morgan fingerprint density at radius 3 is 2.33 bits per heavy atom. The molecule has 1 amide bonds. The molecule has 6 nitrogen and oxygen atoms in total. The van der Waals surface area contributed by atoms with Crippen LogP contribution in [0, 0.1) is 5.82 Å². The number of hydrogen-bond acceptors (Lipinski definition) is 5. The summed E-state index contributed by atoms with van der Waals surface area (Å²) in [4.78, 5) is 23.5. The number of carbonyl (C=O) groups excluding carboxylic acids is 2. The van der Waals surface area contributed by atoms with Gasteiger partial charge < -0.3 is 10.6 Å². The summed E-state index contributed by atoms with van der Waals surface area (Å²) in [5.74, 6) is -0.332. The molecule has 136 valence electrons. The largest absolute Gasteiger partial charge is 0.364 e. The molecule has 0 aliphatic rings. The van der Waals surface area contributed by atoms with Crippen molar-refractivity contribution in [3.63, 3.8) is 0 Å². The van der Waals surface area contributed by atoms with Gasteiger partial charge in [0.15, 0.2) is 11.5 Å². The number of Topliss-reactive ketones (excluding diaryl/α,β-unsaturated/α-hetero) is 1. The lowest BCUT2D eigenvalue weighted by atomic mass is 10.1. The minimum absolute atomic E-state index is 0.0442. The summed E-state index contributed by atoms with van der Waals surface area (Å²) in [6.07, 6.45) is 0. The molecule has 1 aromatic heterocycles. The van der Waals surface area contributed by atoms with Crippen molar-refractivity contribution in [3.05, 3.63) is 83.3 Å². The van der Waals surface area contributed by atoms with Crippen molar-refractivity contribution < 1.29 is 14.0 Å². The number of carbonyl (C=O) groups is 2. The number of halogens is 1. The fourth-order valence-corrected chi connectivity index (χ4v) is 2.36. The Morgan fingerprint density at radius 1 is 0.963 bits per heavy atom. The van der Waals surface area contributed by atoms with Crippen LogP contribution in [0.25, 0.3) is 0 Å². The molecule has 0 aliphatic heterocycles. The van der Waals surface area contributed by atoms with E-state index in [1.165, 1.54) is 19.1 Å². The third kappa shape index (κ3) is 4.72. The maximum absolute atomic E-state index is 13.6. The number of nitrogens with zero attached hydrogens (tertiary/aromatic N) is 2. The summed E-state index contributed by atoms with van der Waals surface area (Å²) in [5, 5.41) is 13.5. The molecule has 1 heterocycles. The van der Waals surface area contributed by atoms with Gasteiger partial charge >= 0.3 is 0 Å². The van der Waals surface area contributed by atoms with Gasteiger partial charge in [0.1, 0.15) is 11.6 Å². The van der Waals surface area contributed by atoms with Gasteiger partial charge in [-0.05, 0) is 49.4 Å². The highest BCUT2D eigenvalue weighted by Crippen LogP contribution is 2.13. The number of nitrogens with one attached hydrogen (secondary N) is 2. The van der Waals surface area contributed by atoms with Gasteiger partial charge in [0.25, 0.3) is 5.91 Å². The predicted molar refractivity (Wildman–Crippen MR) is 100 cm³/mol. The molecule has 7 heteroatoms. The monoisotopic (exact) mass is 364 g/mol. The van der Waals surface area contributed by atoms with Crippen molar-refractivity contribution in [2.24, 2.45) is 0 Å². The quantitative estimate of drug-likeness (QED) is 0.652. The van der Waals surface area contributed by atoms with E-state index in [1.54, 1.807) is 48.5 Å². The number of benzene rings is 2. The molecular weight excluding hydrogens is 347 g/mol. The van der Waals surface area contributed by atoms with Crippen molar-refractivity contribution in [2.75, 3.05) is 10.6 Å². The maximum Gasteiger partial charge on any atom is 0.276 e. The highest BCUT2D eigenvalue weighted by molar-refractivity contribution is 6.03. The van der Waals surface area contributed by atoms with Crippen molar-refractivity contribution in [2.45, 2.75) is 13.5 Å². The lowest BCUT2D eigenvalue weighted by Crippen LogP contribution is -2.15. The second-order valence-corrected chi connectivity index (χ2v) is 5.84. The minimum atomic E-state index is -0.418. The van der Waals surface area contributed by atoms with Gasteiger partial charge in [-0.2, -0.15) is 0 Å². The first-order chi connectivity index (χ1) is 13.0. The van der Waals surface area contributed by atoms with Crippen LogP contribution in [0.1, 0.15) is 33.3 Å². The van der Waals surface area contributed by atoms with Gasteiger partial charge in [0.2, 0.25) is 0 Å². The van der Waals surface area contributed by atoms with E-state index in [-0.39, 0.29) is 23.8 Å². The van der Waals surface area contributed by atoms with E-state index in [2.05, 4.69) is 20.8 Å². The summed E-state index contributed by atoms with van der Waals surface area (Å²) in [7, 11) is 0. The molecule has 0 saturated carbocycles. The number of rotatable bonds is 6. The van der Waals surface area contributed by atoms with Gasteiger partial charge in [-0.15, -0.1) is 10.2 Å². The van der Waals surface area contributed by atoms with E-state index in [9.17, 15) is 14.0 Å². The first kappa shape index (κ1) is 18.2. The zero-order chi connectivity index (χ0) is 19.2. The fourth-order valence-electron chi connectivity index (χ4n) is 2.36. The summed E-state index contributed by atoms with van der Waals surface area (Å²) in [6, 6.07) is 16.1. The lowest BCUT2D eigenvalue weighted by molar-refractivity contribution is 0.101. The van der Waals surface area contributed by atoms with Crippen molar-refractivity contribution in [3.8, 4) is 0 Å². The molecule has 0 saturated heterocycles. The van der Waals surface area contributed by atoms with E-state index >= 15 is 0 Å². The van der Waals surface area contributed by atoms with E-state index in [1.807, 2.05) is 0 Å². The zero-order valence-electron chi connectivity index (χ0n) is 14.6. The molecule has 2 aromatic carbocycles. The Balaban J connectivity index is 1.60. The third-order valence-corrected chi connectivity index (χ3v) is 3.86. The molecule has 3 aromatic rings. The Hall–Kier alpha value is -3.61. The van der Waals surface area contributed by atoms with E-state index in [0.717, 1.165) is 0 Å². The number of ketones is 1. The van der Waals surface area contributed by atoms with Crippen LogP contribution in [0.2, 0.25) is 0 Å². The highest BCUT2D eigenvalue weighted by Gasteiger charge is 2.09. The van der Waals surface area contributed by atoms with Crippen LogP contribution in [0.3, 0.4) is 0 Å². The van der Waals surface area contributed by atoms with Crippen LogP contribution >= 0.6 is 0 Å². The smallest absolute Gasteiger partial charge is 0.276 e. The lowest BCUT2D eigenvalue weighted by Gasteiger charge is -2.07. The maximum atomic E-state index is 13.6. The van der Waals surface area contributed by atoms with Crippen LogP contribution in [0.15, 0.2) is 60.7 Å². The van der Waals surface area contributed by atoms with Gasteiger partial charge in [-0.3, -0.25) is 9.59 Å². The second kappa shape index (κ2) is 8.18. The van der Waals surface area contributed by atoms with Crippen LogP contribution in [-0.4, -0.2) is 21.9 Å². The standard InChI is InChI=1S/C20H17FN4O2/c1-13(26)14-6-8-16(9-7-14)23-20(27)18-10-11-19(25-24-18)22-12-15-4-2-3-5-17(15)21/h2-11H,12H2,1H3,(H,22,25)(H,23,27). The van der Waals surface area contributed by atoms with Gasteiger partial charge in [0, 0.05) is 23.4 Å². The number of anilines is 2. The average molecular weight is 364 g/mol. The highest BCUT2D eigenvalue weighted by atomic mass is 19.1. The molecule has 3 rings (SSSR count). The minimum Gasteiger partial charge on any atom is -0.364 e. The van der Waals surface area contributed by atoms with Gasteiger partial charge in [-0.1, -0.05) is 18.2 Å². The average Bonchev–Trinajstić information content (AvgIpc) is 2.68. The zero-order valence-corrected chi connectivity index (χ0v) is 14.6. The molecule has 0 unspecified atom stereocenters. The molecule has 0 fully saturated rings. The van der Waals surface area contributed by atoms with Gasteiger partial charge in [0.05, 0.1) is 0 Å². The summed E-state index contributed by atoms with van der Waals surface area (Å²) in [6.45, 7) is 1.74. The normalized spacial score (nSPS) is 10.3. The Bertz CT molecular complexity index is 956. The number of amides is 1. The van der Waals surface area contributed by atoms with Crippen molar-refractivity contribution >= 4 is 23.2 Å². The fraction of sp³-hybridized carbons (Fsp3) is 0.100. The third-order valence-electron chi connectivity index (χ3n) is 3.86. The summed E-state index contributed by atoms with van der Waals surface area (Å²) in [5.41, 5.74) is 1.77. The molecule has 0 atom stereocenters. The van der Waals surface area contributed by atoms with E-state index < -0.39 is 5.91 Å². The number of aromatic nitrogens is 2. The SMILES string of the molecule is CC(=O)c1ccc(NC(=O)c2ccc(NCc3ccccc3F)nn2)cc1. The molecule has 27 heavy (non-hydrogen) atoms. The summed E-state index contributed by atoms with van der Waals surface area (Å²) >= 11 is 0. The van der Waals surface area contributed by atoms with E-state index in [0.29, 0.717) is 22.6 Å². The van der Waals surface area contributed by atoms with Crippen molar-refractivity contribution in [1.82, 2.24) is 10.2 Å². The van der Waals surface area contributed by atoms with Gasteiger partial charge in [-0.25, -0.2) is 4.39 Å². The first-order valence-corrected chi connectivity index (χ1v) is 8.26. The molecule has 2 N–H and O–H groups in total. The molecule has 0 bridgehead atoms. The van der Waals surface area contributed by atoms with Crippen LogP contribution in [0.5, 0.6) is 0 Å². The Labute approximate surface area is 155 Å². The second-order valence-electron chi connectivity index (χ2n) is 5.84. The predicted octanol–water partition coefficient (Wildman–Crippen LogP) is 3.68. The Kier molecular flexibility index (Phi) is 5.51. The molecule has 0 radical (unpaired) electrons. The van der Waals surface area contributed by atoms with E-state index in [4.69, 9.17) is 0 Å². The summed E-state index contributed by atoms with van der Waals surface area (Å²) < 4.78 is 13.6. The molecule has 0 aliphatic carbocycles. The molecule has 0 spiro atoms.